The fourth-order valence-corrected chi connectivity index (χ4v) is 10.2. The van der Waals surface area contributed by atoms with Crippen molar-refractivity contribution in [3.63, 3.8) is 0 Å². The summed E-state index contributed by atoms with van der Waals surface area (Å²) in [5.74, 6) is -0.868. The smallest absolute Gasteiger partial charge is 0.306 e. The van der Waals surface area contributed by atoms with Crippen LogP contribution in [0.2, 0.25) is 0 Å². The number of hydrogen-bond acceptors (Lipinski definition) is 6. The van der Waals surface area contributed by atoms with Crippen LogP contribution in [-0.4, -0.2) is 37.2 Å². The molecule has 0 amide bonds. The van der Waals surface area contributed by atoms with Crippen molar-refractivity contribution in [3.8, 4) is 0 Å². The third kappa shape index (κ3) is 64.1. The summed E-state index contributed by atoms with van der Waals surface area (Å²) < 4.78 is 16.9. The Kier molecular flexibility index (Phi) is 63.6. The Balaban J connectivity index is 4.06. The summed E-state index contributed by atoms with van der Waals surface area (Å²) in [6.45, 7) is 6.64. The molecule has 77 heavy (non-hydrogen) atoms. The third-order valence-corrected chi connectivity index (χ3v) is 15.3. The van der Waals surface area contributed by atoms with Crippen LogP contribution in [0.3, 0.4) is 0 Å². The van der Waals surface area contributed by atoms with Crippen molar-refractivity contribution in [2.24, 2.45) is 0 Å². The molecule has 0 spiro atoms. The number of ether oxygens (including phenoxy) is 3. The molecule has 0 aromatic heterocycles. The lowest BCUT2D eigenvalue weighted by Gasteiger charge is -2.18. The summed E-state index contributed by atoms with van der Waals surface area (Å²) in [4.78, 5) is 38.2. The lowest BCUT2D eigenvalue weighted by molar-refractivity contribution is -0.167. The SMILES string of the molecule is CCCCCC/C=C\C/C=C\CCCCCCCC(=O)OC(COC(=O)CCCCCCCCCCCC)COC(=O)CCCCCCCCCCCCCCCCCCCCCCC/C=C\C/C=C\CCCCCCC. The largest absolute Gasteiger partial charge is 0.462 e. The Morgan fingerprint density at radius 2 is 0.468 bits per heavy atom. The number of unbranched alkanes of at least 4 members (excludes halogenated alkanes) is 44. The molecule has 0 aromatic carbocycles. The lowest BCUT2D eigenvalue weighted by Crippen LogP contribution is -2.30. The van der Waals surface area contributed by atoms with Gasteiger partial charge in [0.05, 0.1) is 0 Å². The highest BCUT2D eigenvalue weighted by Crippen LogP contribution is 2.18. The summed E-state index contributed by atoms with van der Waals surface area (Å²) >= 11 is 0. The van der Waals surface area contributed by atoms with Gasteiger partial charge >= 0.3 is 17.9 Å². The first-order valence-electron chi connectivity index (χ1n) is 34.1. The number of carbonyl (C=O) groups excluding carboxylic acids is 3. The molecule has 0 heterocycles. The topological polar surface area (TPSA) is 78.9 Å². The van der Waals surface area contributed by atoms with Crippen LogP contribution in [0.1, 0.15) is 367 Å². The lowest BCUT2D eigenvalue weighted by atomic mass is 10.0. The zero-order valence-electron chi connectivity index (χ0n) is 51.7. The molecule has 0 radical (unpaired) electrons. The molecule has 0 fully saturated rings. The molecule has 1 atom stereocenters. The van der Waals surface area contributed by atoms with Crippen molar-refractivity contribution < 1.29 is 28.6 Å². The van der Waals surface area contributed by atoms with Gasteiger partial charge in [-0.3, -0.25) is 14.4 Å². The van der Waals surface area contributed by atoms with Crippen molar-refractivity contribution in [2.75, 3.05) is 13.2 Å². The summed E-state index contributed by atoms with van der Waals surface area (Å²) in [6, 6.07) is 0. The van der Waals surface area contributed by atoms with E-state index < -0.39 is 6.10 Å². The first kappa shape index (κ1) is 74.4. The quantitative estimate of drug-likeness (QED) is 0.0261. The molecule has 0 aliphatic carbocycles. The molecule has 1 unspecified atom stereocenters. The van der Waals surface area contributed by atoms with Gasteiger partial charge in [0.2, 0.25) is 0 Å². The second-order valence-corrected chi connectivity index (χ2v) is 23.1. The van der Waals surface area contributed by atoms with Crippen LogP contribution in [0.15, 0.2) is 48.6 Å². The van der Waals surface area contributed by atoms with E-state index in [1.165, 1.54) is 238 Å². The number of esters is 3. The molecule has 450 valence electrons. The van der Waals surface area contributed by atoms with Crippen LogP contribution in [0.4, 0.5) is 0 Å². The molecular formula is C71H130O6. The summed E-state index contributed by atoms with van der Waals surface area (Å²) in [6.07, 6.45) is 83.0. The molecule has 0 aliphatic rings. The van der Waals surface area contributed by atoms with E-state index >= 15 is 0 Å². The fraction of sp³-hybridized carbons (Fsp3) is 0.845. The van der Waals surface area contributed by atoms with Crippen molar-refractivity contribution in [1.29, 1.82) is 0 Å². The van der Waals surface area contributed by atoms with Crippen LogP contribution >= 0.6 is 0 Å². The van der Waals surface area contributed by atoms with Gasteiger partial charge in [-0.05, 0) is 83.5 Å². The van der Waals surface area contributed by atoms with E-state index in [1.807, 2.05) is 0 Å². The zero-order valence-corrected chi connectivity index (χ0v) is 51.7. The van der Waals surface area contributed by atoms with E-state index in [9.17, 15) is 14.4 Å². The predicted octanol–water partition coefficient (Wildman–Crippen LogP) is 23.3. The number of allylic oxidation sites excluding steroid dienone is 8. The number of carbonyl (C=O) groups is 3. The van der Waals surface area contributed by atoms with E-state index in [4.69, 9.17) is 14.2 Å². The van der Waals surface area contributed by atoms with Crippen LogP contribution in [0.25, 0.3) is 0 Å². The van der Waals surface area contributed by atoms with E-state index in [-0.39, 0.29) is 31.1 Å². The zero-order chi connectivity index (χ0) is 55.7. The van der Waals surface area contributed by atoms with Gasteiger partial charge in [0.25, 0.3) is 0 Å². The van der Waals surface area contributed by atoms with E-state index in [0.717, 1.165) is 89.9 Å². The molecule has 0 aliphatic heterocycles. The van der Waals surface area contributed by atoms with Crippen LogP contribution in [0, 0.1) is 0 Å². The number of rotatable bonds is 63. The van der Waals surface area contributed by atoms with Gasteiger partial charge < -0.3 is 14.2 Å². The highest BCUT2D eigenvalue weighted by Gasteiger charge is 2.19. The third-order valence-electron chi connectivity index (χ3n) is 15.3. The molecule has 0 bridgehead atoms. The Morgan fingerprint density at radius 1 is 0.260 bits per heavy atom. The maximum Gasteiger partial charge on any atom is 0.306 e. The summed E-state index contributed by atoms with van der Waals surface area (Å²) in [7, 11) is 0. The predicted molar refractivity (Wildman–Crippen MR) is 335 cm³/mol. The molecule has 0 aromatic rings. The monoisotopic (exact) mass is 1080 g/mol. The molecule has 0 rings (SSSR count). The highest BCUT2D eigenvalue weighted by molar-refractivity contribution is 5.71. The normalized spacial score (nSPS) is 12.3. The molecule has 0 saturated carbocycles. The van der Waals surface area contributed by atoms with Crippen molar-refractivity contribution >= 4 is 17.9 Å². The van der Waals surface area contributed by atoms with E-state index in [1.54, 1.807) is 0 Å². The van der Waals surface area contributed by atoms with Gasteiger partial charge in [-0.2, -0.15) is 0 Å². The Hall–Kier alpha value is -2.63. The molecule has 0 saturated heterocycles. The van der Waals surface area contributed by atoms with Crippen molar-refractivity contribution in [2.45, 2.75) is 374 Å². The first-order chi connectivity index (χ1) is 38.0. The summed E-state index contributed by atoms with van der Waals surface area (Å²) in [5, 5.41) is 0. The minimum Gasteiger partial charge on any atom is -0.462 e. The average molecular weight is 1080 g/mol. The second-order valence-electron chi connectivity index (χ2n) is 23.1. The molecule has 6 heteroatoms. The Labute approximate surface area is 479 Å². The van der Waals surface area contributed by atoms with Crippen LogP contribution < -0.4 is 0 Å². The second kappa shape index (κ2) is 65.9. The fourth-order valence-electron chi connectivity index (χ4n) is 10.2. The molecule has 0 N–H and O–H groups in total. The van der Waals surface area contributed by atoms with Crippen LogP contribution in [0.5, 0.6) is 0 Å². The van der Waals surface area contributed by atoms with Crippen molar-refractivity contribution in [1.82, 2.24) is 0 Å². The van der Waals surface area contributed by atoms with Gasteiger partial charge in [-0.1, -0.05) is 313 Å². The van der Waals surface area contributed by atoms with Gasteiger partial charge in [-0.25, -0.2) is 0 Å². The van der Waals surface area contributed by atoms with Gasteiger partial charge in [-0.15, -0.1) is 0 Å². The van der Waals surface area contributed by atoms with E-state index in [0.29, 0.717) is 19.3 Å². The van der Waals surface area contributed by atoms with Gasteiger partial charge in [0.1, 0.15) is 13.2 Å². The van der Waals surface area contributed by atoms with Crippen molar-refractivity contribution in [3.05, 3.63) is 48.6 Å². The Morgan fingerprint density at radius 3 is 0.727 bits per heavy atom. The Bertz CT molecular complexity index is 1330. The minimum atomic E-state index is -0.776. The first-order valence-corrected chi connectivity index (χ1v) is 34.1. The summed E-state index contributed by atoms with van der Waals surface area (Å²) in [5.41, 5.74) is 0. The minimum absolute atomic E-state index is 0.0738. The van der Waals surface area contributed by atoms with Gasteiger partial charge in [0.15, 0.2) is 6.10 Å². The average Bonchev–Trinajstić information content (AvgIpc) is 3.43. The highest BCUT2D eigenvalue weighted by atomic mass is 16.6. The maximum absolute atomic E-state index is 12.9. The molecule has 6 nitrogen and oxygen atoms in total. The van der Waals surface area contributed by atoms with Crippen LogP contribution in [-0.2, 0) is 28.6 Å². The maximum atomic E-state index is 12.9. The standard InChI is InChI=1S/C71H130O6/c1-4-7-10-13-16-19-22-24-26-28-29-30-31-32-33-34-35-36-37-38-39-40-41-42-43-44-46-47-49-52-55-58-61-64-70(73)76-67-68(66-75-69(72)63-60-57-54-51-21-18-15-12-9-6-3)77-71(74)65-62-59-56-53-50-48-45-27-25-23-20-17-14-11-8-5-2/h20,22-24,27-29,45,68H,4-19,21,25-26,30-44,46-67H2,1-3H3/b23-20-,24-22-,29-28-,45-27-. The number of hydrogen-bond donors (Lipinski definition) is 0. The molecular weight excluding hydrogens is 949 g/mol. The van der Waals surface area contributed by atoms with Gasteiger partial charge in [0, 0.05) is 19.3 Å². The van der Waals surface area contributed by atoms with E-state index in [2.05, 4.69) is 69.4 Å².